The van der Waals surface area contributed by atoms with Crippen LogP contribution in [0.5, 0.6) is 0 Å². The van der Waals surface area contributed by atoms with Crippen molar-refractivity contribution >= 4 is 28.3 Å². The predicted octanol–water partition coefficient (Wildman–Crippen LogP) is -0.595. The average molecular weight is 441 g/mol. The third-order valence-electron chi connectivity index (χ3n) is 5.73. The van der Waals surface area contributed by atoms with E-state index in [9.17, 15) is 24.3 Å². The first kappa shape index (κ1) is 24.0. The molecule has 2 fully saturated rings. The van der Waals surface area contributed by atoms with Gasteiger partial charge in [-0.25, -0.2) is 0 Å². The summed E-state index contributed by atoms with van der Waals surface area (Å²) in [5, 5.41) is 32.8. The van der Waals surface area contributed by atoms with Gasteiger partial charge in [0.25, 0.3) is 0 Å². The van der Waals surface area contributed by atoms with Crippen LogP contribution in [0.25, 0.3) is 0 Å². The Labute approximate surface area is 174 Å². The number of aliphatic hydroxyl groups excluding tert-OH is 3. The number of carbonyl (C=O) groups excluding carboxylic acids is 1. The van der Waals surface area contributed by atoms with Crippen molar-refractivity contribution in [3.05, 3.63) is 0 Å². The predicted molar refractivity (Wildman–Crippen MR) is 107 cm³/mol. The van der Waals surface area contributed by atoms with E-state index >= 15 is 0 Å². The van der Waals surface area contributed by atoms with Gasteiger partial charge < -0.3 is 25.4 Å². The number of hydrogen-bond donors (Lipinski definition) is 4. The number of ether oxygens (including phenoxy) is 1. The maximum absolute atomic E-state index is 12.9. The molecule has 0 radical (unpaired) electrons. The van der Waals surface area contributed by atoms with Crippen molar-refractivity contribution in [1.29, 1.82) is 0 Å². The normalized spacial score (nSPS) is 40.1. The van der Waals surface area contributed by atoms with E-state index in [1.165, 1.54) is 6.26 Å². The van der Waals surface area contributed by atoms with Gasteiger partial charge in [-0.05, 0) is 32.7 Å². The minimum atomic E-state index is -1.60. The molecule has 164 valence electrons. The van der Waals surface area contributed by atoms with Gasteiger partial charge in [-0.2, -0.15) is 0 Å². The summed E-state index contributed by atoms with van der Waals surface area (Å²) in [7, 11) is 0.301. The summed E-state index contributed by atoms with van der Waals surface area (Å²) in [6, 6.07) is -1.13. The summed E-state index contributed by atoms with van der Waals surface area (Å²) in [6.45, 7) is 4.61. The van der Waals surface area contributed by atoms with Crippen LogP contribution in [0.15, 0.2) is 0 Å². The first-order valence-electron chi connectivity index (χ1n) is 9.75. The number of amides is 1. The molecule has 2 saturated heterocycles. The Hall–Kier alpha value is -0.290. The largest absolute Gasteiger partial charge is 0.388 e. The van der Waals surface area contributed by atoms with E-state index in [1.807, 2.05) is 11.9 Å². The second-order valence-corrected chi connectivity index (χ2v) is 10.1. The van der Waals surface area contributed by atoms with Gasteiger partial charge in [0.15, 0.2) is 5.44 Å². The molecule has 0 spiro atoms. The van der Waals surface area contributed by atoms with Crippen molar-refractivity contribution in [2.45, 2.75) is 80.4 Å². The zero-order chi connectivity index (χ0) is 21.2. The Morgan fingerprint density at radius 2 is 1.96 bits per heavy atom. The van der Waals surface area contributed by atoms with Crippen LogP contribution < -0.4 is 5.32 Å². The topological polar surface area (TPSA) is 119 Å². The van der Waals surface area contributed by atoms with Crippen LogP contribution >= 0.6 is 11.6 Å². The van der Waals surface area contributed by atoms with Crippen LogP contribution in [0.2, 0.25) is 0 Å². The van der Waals surface area contributed by atoms with Gasteiger partial charge in [-0.3, -0.25) is 13.9 Å². The Morgan fingerprint density at radius 1 is 1.32 bits per heavy atom. The summed E-state index contributed by atoms with van der Waals surface area (Å²) in [5.41, 5.74) is -1.18. The van der Waals surface area contributed by atoms with Gasteiger partial charge >= 0.3 is 0 Å². The van der Waals surface area contributed by atoms with Gasteiger partial charge in [0.05, 0.1) is 28.3 Å². The smallest absolute Gasteiger partial charge is 0.237 e. The maximum atomic E-state index is 12.9. The van der Waals surface area contributed by atoms with Crippen LogP contribution in [0.1, 0.15) is 33.1 Å². The summed E-state index contributed by atoms with van der Waals surface area (Å²) < 4.78 is 17.5. The molecule has 2 aliphatic rings. The standard InChI is InChI=1S/C18H33ClN2O6S/c1-5-6-10-7-11(21(3)8-10)17(25)20-12(9(2)19)16-14(23)13(22)15(24)18(27-16)28(4)26/h9-16,18,22-24H,5-8H2,1-4H3,(H,20,25)/t9-,10-,11-,12+,13?,14-,15?,16?,18-,28?/m0/s1. The molecule has 1 amide bonds. The number of nitrogens with one attached hydrogen (secondary N) is 1. The van der Waals surface area contributed by atoms with Crippen molar-refractivity contribution in [2.24, 2.45) is 5.92 Å². The molecule has 0 aromatic rings. The fourth-order valence-electron chi connectivity index (χ4n) is 4.19. The minimum Gasteiger partial charge on any atom is -0.388 e. The number of carbonyl (C=O) groups is 1. The third kappa shape index (κ3) is 5.24. The number of hydrogen-bond acceptors (Lipinski definition) is 7. The molecule has 8 nitrogen and oxygen atoms in total. The molecule has 0 aromatic heterocycles. The second kappa shape index (κ2) is 10.1. The van der Waals surface area contributed by atoms with Crippen molar-refractivity contribution in [3.63, 3.8) is 0 Å². The van der Waals surface area contributed by atoms with Gasteiger partial charge in [0.1, 0.15) is 24.4 Å². The molecular formula is C18H33ClN2O6S. The Bertz CT molecular complexity index is 568. The third-order valence-corrected chi connectivity index (χ3v) is 7.04. The van der Waals surface area contributed by atoms with E-state index in [-0.39, 0.29) is 11.9 Å². The number of likely N-dealkylation sites (N-methyl/N-ethyl adjacent to an activating group) is 1. The van der Waals surface area contributed by atoms with E-state index in [4.69, 9.17) is 16.3 Å². The molecule has 10 atom stereocenters. The lowest BCUT2D eigenvalue weighted by Crippen LogP contribution is -2.66. The molecule has 4 unspecified atom stereocenters. The monoisotopic (exact) mass is 440 g/mol. The highest BCUT2D eigenvalue weighted by Crippen LogP contribution is 2.29. The number of nitrogens with zero attached hydrogens (tertiary/aromatic N) is 1. The number of alkyl halides is 1. The van der Waals surface area contributed by atoms with E-state index in [0.717, 1.165) is 25.8 Å². The van der Waals surface area contributed by atoms with Crippen molar-refractivity contribution in [2.75, 3.05) is 19.8 Å². The van der Waals surface area contributed by atoms with Gasteiger partial charge in [0, 0.05) is 12.8 Å². The first-order valence-corrected chi connectivity index (χ1v) is 11.8. The highest BCUT2D eigenvalue weighted by atomic mass is 35.5. The van der Waals surface area contributed by atoms with Crippen molar-refractivity contribution < 1.29 is 29.1 Å². The average Bonchev–Trinajstić information content (AvgIpc) is 2.98. The molecule has 0 bridgehead atoms. The fourth-order valence-corrected chi connectivity index (χ4v) is 5.24. The first-order chi connectivity index (χ1) is 13.1. The molecule has 28 heavy (non-hydrogen) atoms. The lowest BCUT2D eigenvalue weighted by Gasteiger charge is -2.43. The molecule has 0 aromatic carbocycles. The summed E-state index contributed by atoms with van der Waals surface area (Å²) in [5.74, 6) is 0.238. The Balaban J connectivity index is 2.14. The van der Waals surface area contributed by atoms with Crippen LogP contribution in [-0.4, -0.2) is 97.5 Å². The quantitative estimate of drug-likeness (QED) is 0.390. The zero-order valence-electron chi connectivity index (χ0n) is 16.8. The summed E-state index contributed by atoms with van der Waals surface area (Å²) >= 11 is 6.28. The van der Waals surface area contributed by atoms with E-state index < -0.39 is 52.1 Å². The molecule has 2 rings (SSSR count). The lowest BCUT2D eigenvalue weighted by molar-refractivity contribution is -0.206. The van der Waals surface area contributed by atoms with E-state index in [1.54, 1.807) is 6.92 Å². The molecule has 0 aliphatic carbocycles. The van der Waals surface area contributed by atoms with Gasteiger partial charge in [-0.1, -0.05) is 13.3 Å². The van der Waals surface area contributed by atoms with Crippen LogP contribution in [0.4, 0.5) is 0 Å². The zero-order valence-corrected chi connectivity index (χ0v) is 18.4. The van der Waals surface area contributed by atoms with Crippen LogP contribution in [-0.2, 0) is 20.3 Å². The highest BCUT2D eigenvalue weighted by molar-refractivity contribution is 7.84. The maximum Gasteiger partial charge on any atom is 0.237 e. The minimum absolute atomic E-state index is 0.218. The van der Waals surface area contributed by atoms with Crippen LogP contribution in [0, 0.1) is 5.92 Å². The van der Waals surface area contributed by atoms with E-state index in [2.05, 4.69) is 12.2 Å². The number of likely N-dealkylation sites (tertiary alicyclic amines) is 1. The molecule has 0 saturated carbocycles. The van der Waals surface area contributed by atoms with Gasteiger partial charge in [0.2, 0.25) is 5.91 Å². The number of halogens is 1. The lowest BCUT2D eigenvalue weighted by atomic mass is 9.92. The molecule has 2 aliphatic heterocycles. The highest BCUT2D eigenvalue weighted by Gasteiger charge is 2.49. The fraction of sp³-hybridized carbons (Fsp3) is 0.944. The van der Waals surface area contributed by atoms with Crippen LogP contribution in [0.3, 0.4) is 0 Å². The van der Waals surface area contributed by atoms with Crippen molar-refractivity contribution in [3.8, 4) is 0 Å². The SMILES string of the molecule is CCC[C@H]1C[C@@H](C(=O)N[C@@H](C2O[C@@H](S(C)=O)C(O)C(O)[C@@H]2O)[C@H](C)Cl)N(C)C1. The number of aliphatic hydroxyl groups is 3. The molecule has 4 N–H and O–H groups in total. The van der Waals surface area contributed by atoms with E-state index in [0.29, 0.717) is 5.92 Å². The van der Waals surface area contributed by atoms with Crippen molar-refractivity contribution in [1.82, 2.24) is 10.2 Å². The molecule has 10 heteroatoms. The number of rotatable bonds is 7. The second-order valence-electron chi connectivity index (χ2n) is 8.00. The summed E-state index contributed by atoms with van der Waals surface area (Å²) in [6.07, 6.45) is -1.41. The Morgan fingerprint density at radius 3 is 2.50 bits per heavy atom. The Kier molecular flexibility index (Phi) is 8.69. The van der Waals surface area contributed by atoms with Gasteiger partial charge in [-0.15, -0.1) is 11.6 Å². The molecule has 2 heterocycles. The molecular weight excluding hydrogens is 408 g/mol. The summed E-state index contributed by atoms with van der Waals surface area (Å²) in [4.78, 5) is 14.9.